The summed E-state index contributed by atoms with van der Waals surface area (Å²) in [6.45, 7) is 3.30. The van der Waals surface area contributed by atoms with Crippen LogP contribution in [0.4, 0.5) is 5.69 Å². The first-order valence-electron chi connectivity index (χ1n) is 6.71. The van der Waals surface area contributed by atoms with Gasteiger partial charge in [-0.25, -0.2) is 9.48 Å². The Bertz CT molecular complexity index is 590. The Hall–Kier alpha value is -2.30. The van der Waals surface area contributed by atoms with Crippen LogP contribution < -0.4 is 10.1 Å². The molecule has 1 unspecified atom stereocenters. The Morgan fingerprint density at radius 2 is 2.22 bits per heavy atom. The van der Waals surface area contributed by atoms with Gasteiger partial charge in [-0.05, 0) is 13.8 Å². The molecule has 0 saturated carbocycles. The van der Waals surface area contributed by atoms with Crippen LogP contribution >= 0.6 is 12.6 Å². The molecule has 0 aliphatic heterocycles. The van der Waals surface area contributed by atoms with Crippen molar-refractivity contribution < 1.29 is 24.0 Å². The Labute approximate surface area is 137 Å². The van der Waals surface area contributed by atoms with E-state index in [4.69, 9.17) is 9.47 Å². The van der Waals surface area contributed by atoms with Crippen LogP contribution in [0.5, 0.6) is 5.88 Å². The van der Waals surface area contributed by atoms with E-state index in [1.54, 1.807) is 6.92 Å². The van der Waals surface area contributed by atoms with E-state index in [2.05, 4.69) is 23.0 Å². The summed E-state index contributed by atoms with van der Waals surface area (Å²) < 4.78 is 10.7. The third kappa shape index (κ3) is 4.58. The standard InChI is InChI=1S/C12H18N4O6S/c1-4-22-12(18)8(6-23)13-10(17)7(2)15-5-9(16(19)20)11(14-15)21-3/h5,7-8,23H,4,6H2,1-3H3,(H,13,17)/t7?,8-/m0/s1. The number of hydrogen-bond donors (Lipinski definition) is 2. The number of nitrogens with zero attached hydrogens (tertiary/aromatic N) is 3. The summed E-state index contributed by atoms with van der Waals surface area (Å²) in [5.74, 6) is -1.31. The van der Waals surface area contributed by atoms with E-state index in [1.165, 1.54) is 14.0 Å². The summed E-state index contributed by atoms with van der Waals surface area (Å²) in [6, 6.07) is -1.81. The summed E-state index contributed by atoms with van der Waals surface area (Å²) in [4.78, 5) is 34.0. The van der Waals surface area contributed by atoms with Crippen molar-refractivity contribution in [2.45, 2.75) is 25.9 Å². The molecule has 1 aromatic rings. The molecule has 23 heavy (non-hydrogen) atoms. The molecule has 1 rings (SSSR count). The molecule has 0 aromatic carbocycles. The van der Waals surface area contributed by atoms with Gasteiger partial charge in [0.05, 0.1) is 18.6 Å². The van der Waals surface area contributed by atoms with Crippen molar-refractivity contribution in [3.8, 4) is 5.88 Å². The Kier molecular flexibility index (Phi) is 6.82. The van der Waals surface area contributed by atoms with Gasteiger partial charge in [0.25, 0.3) is 0 Å². The number of thiol groups is 1. The molecular weight excluding hydrogens is 328 g/mol. The largest absolute Gasteiger partial charge is 0.475 e. The van der Waals surface area contributed by atoms with Crippen LogP contribution in [0.3, 0.4) is 0 Å². The minimum Gasteiger partial charge on any atom is -0.475 e. The summed E-state index contributed by atoms with van der Waals surface area (Å²) >= 11 is 3.99. The third-order valence-corrected chi connectivity index (χ3v) is 3.28. The number of carbonyl (C=O) groups is 2. The van der Waals surface area contributed by atoms with Gasteiger partial charge >= 0.3 is 17.5 Å². The zero-order chi connectivity index (χ0) is 17.6. The molecule has 1 amide bonds. The fraction of sp³-hybridized carbons (Fsp3) is 0.583. The predicted octanol–water partition coefficient (Wildman–Crippen LogP) is 0.339. The van der Waals surface area contributed by atoms with E-state index < -0.39 is 28.9 Å². The number of esters is 1. The Balaban J connectivity index is 2.87. The molecule has 11 heteroatoms. The maximum Gasteiger partial charge on any atom is 0.350 e. The topological polar surface area (TPSA) is 126 Å². The van der Waals surface area contributed by atoms with Crippen LogP contribution in [0.25, 0.3) is 0 Å². The third-order valence-electron chi connectivity index (χ3n) is 2.92. The van der Waals surface area contributed by atoms with Crippen molar-refractivity contribution in [3.63, 3.8) is 0 Å². The van der Waals surface area contributed by atoms with Gasteiger partial charge in [-0.15, -0.1) is 5.10 Å². The van der Waals surface area contributed by atoms with Crippen molar-refractivity contribution in [3.05, 3.63) is 16.3 Å². The first-order valence-corrected chi connectivity index (χ1v) is 7.34. The zero-order valence-electron chi connectivity index (χ0n) is 12.9. The number of nitrogens with one attached hydrogen (secondary N) is 1. The monoisotopic (exact) mass is 346 g/mol. The summed E-state index contributed by atoms with van der Waals surface area (Å²) in [5.41, 5.74) is -0.358. The van der Waals surface area contributed by atoms with Gasteiger partial charge < -0.3 is 14.8 Å². The fourth-order valence-electron chi connectivity index (χ4n) is 1.67. The number of nitro groups is 1. The predicted molar refractivity (Wildman–Crippen MR) is 82.6 cm³/mol. The highest BCUT2D eigenvalue weighted by atomic mass is 32.1. The number of amides is 1. The van der Waals surface area contributed by atoms with Crippen molar-refractivity contribution in [2.75, 3.05) is 19.5 Å². The lowest BCUT2D eigenvalue weighted by atomic mass is 10.2. The van der Waals surface area contributed by atoms with E-state index in [0.717, 1.165) is 10.9 Å². The lowest BCUT2D eigenvalue weighted by molar-refractivity contribution is -0.385. The number of methoxy groups -OCH3 is 1. The SMILES string of the molecule is CCOC(=O)[C@H](CS)NC(=O)C(C)n1cc([N+](=O)[O-])c(OC)n1. The van der Waals surface area contributed by atoms with Crippen molar-refractivity contribution in [2.24, 2.45) is 0 Å². The molecule has 1 heterocycles. The van der Waals surface area contributed by atoms with Crippen LogP contribution in [-0.4, -0.2) is 52.1 Å². The maximum absolute atomic E-state index is 12.2. The smallest absolute Gasteiger partial charge is 0.350 e. The van der Waals surface area contributed by atoms with Gasteiger partial charge in [-0.2, -0.15) is 12.6 Å². The van der Waals surface area contributed by atoms with E-state index in [9.17, 15) is 19.7 Å². The molecule has 2 atom stereocenters. The van der Waals surface area contributed by atoms with Gasteiger partial charge in [-0.1, -0.05) is 0 Å². The first-order chi connectivity index (χ1) is 10.8. The second-order valence-electron chi connectivity index (χ2n) is 4.43. The molecular formula is C12H18N4O6S. The minimum atomic E-state index is -0.916. The lowest BCUT2D eigenvalue weighted by Gasteiger charge is -2.18. The average Bonchev–Trinajstić information content (AvgIpc) is 2.96. The molecule has 1 N–H and O–H groups in total. The van der Waals surface area contributed by atoms with Gasteiger partial charge in [0.15, 0.2) is 0 Å². The first kappa shape index (κ1) is 18.7. The summed E-state index contributed by atoms with van der Waals surface area (Å²) in [6.07, 6.45) is 1.09. The van der Waals surface area contributed by atoms with Crippen LogP contribution in [0.15, 0.2) is 6.20 Å². The molecule has 128 valence electrons. The van der Waals surface area contributed by atoms with Crippen LogP contribution in [0, 0.1) is 10.1 Å². The quantitative estimate of drug-likeness (QED) is 0.301. The van der Waals surface area contributed by atoms with E-state index in [-0.39, 0.29) is 23.9 Å². The molecule has 10 nitrogen and oxygen atoms in total. The van der Waals surface area contributed by atoms with Gasteiger partial charge in [-0.3, -0.25) is 14.9 Å². The van der Waals surface area contributed by atoms with E-state index >= 15 is 0 Å². The second kappa shape index (κ2) is 8.36. The highest BCUT2D eigenvalue weighted by molar-refractivity contribution is 7.80. The normalized spacial score (nSPS) is 13.0. The van der Waals surface area contributed by atoms with Crippen LogP contribution in [-0.2, 0) is 14.3 Å². The molecule has 0 aliphatic rings. The van der Waals surface area contributed by atoms with Crippen LogP contribution in [0.1, 0.15) is 19.9 Å². The average molecular weight is 346 g/mol. The highest BCUT2D eigenvalue weighted by Gasteiger charge is 2.28. The van der Waals surface area contributed by atoms with Crippen LogP contribution in [0.2, 0.25) is 0 Å². The van der Waals surface area contributed by atoms with Crippen molar-refractivity contribution in [1.29, 1.82) is 0 Å². The number of ether oxygens (including phenoxy) is 2. The number of carbonyl (C=O) groups excluding carboxylic acids is 2. The van der Waals surface area contributed by atoms with Gasteiger partial charge in [0.1, 0.15) is 18.3 Å². The fourth-order valence-corrected chi connectivity index (χ4v) is 1.91. The number of aromatic nitrogens is 2. The number of hydrogen-bond acceptors (Lipinski definition) is 8. The van der Waals surface area contributed by atoms with E-state index in [0.29, 0.717) is 0 Å². The molecule has 0 fully saturated rings. The van der Waals surface area contributed by atoms with Crippen molar-refractivity contribution >= 4 is 30.2 Å². The Morgan fingerprint density at radius 3 is 2.65 bits per heavy atom. The second-order valence-corrected chi connectivity index (χ2v) is 4.80. The molecule has 0 spiro atoms. The Morgan fingerprint density at radius 1 is 1.57 bits per heavy atom. The maximum atomic E-state index is 12.2. The van der Waals surface area contributed by atoms with E-state index in [1.807, 2.05) is 0 Å². The van der Waals surface area contributed by atoms with Gasteiger partial charge in [0.2, 0.25) is 5.91 Å². The number of rotatable bonds is 8. The van der Waals surface area contributed by atoms with Crippen molar-refractivity contribution in [1.82, 2.24) is 15.1 Å². The zero-order valence-corrected chi connectivity index (χ0v) is 13.8. The molecule has 0 bridgehead atoms. The lowest BCUT2D eigenvalue weighted by Crippen LogP contribution is -2.45. The molecule has 1 aromatic heterocycles. The summed E-state index contributed by atoms with van der Waals surface area (Å²) in [7, 11) is 1.24. The minimum absolute atomic E-state index is 0.0554. The van der Waals surface area contributed by atoms with Gasteiger partial charge in [0, 0.05) is 5.75 Å². The summed E-state index contributed by atoms with van der Waals surface area (Å²) in [5, 5.41) is 17.2. The molecule has 0 saturated heterocycles. The molecule has 0 aliphatic carbocycles. The highest BCUT2D eigenvalue weighted by Crippen LogP contribution is 2.25. The molecule has 0 radical (unpaired) electrons.